The van der Waals surface area contributed by atoms with E-state index in [-0.39, 0.29) is 23.1 Å². The lowest BCUT2D eigenvalue weighted by Gasteiger charge is -2.31. The Morgan fingerprint density at radius 3 is 2.84 bits per heavy atom. The highest BCUT2D eigenvalue weighted by atomic mass is 79.9. The van der Waals surface area contributed by atoms with Crippen LogP contribution in [0.3, 0.4) is 0 Å². The maximum absolute atomic E-state index is 12.5. The van der Waals surface area contributed by atoms with Crippen molar-refractivity contribution in [3.8, 4) is 0 Å². The van der Waals surface area contributed by atoms with Gasteiger partial charge in [-0.2, -0.15) is 4.31 Å². The Kier molecular flexibility index (Phi) is 4.50. The largest absolute Gasteiger partial charge is 0.398 e. The van der Waals surface area contributed by atoms with E-state index in [1.807, 2.05) is 0 Å². The van der Waals surface area contributed by atoms with Crippen LogP contribution in [0, 0.1) is 5.92 Å². The summed E-state index contributed by atoms with van der Waals surface area (Å²) < 4.78 is 27.2. The number of piperidine rings is 1. The first kappa shape index (κ1) is 14.8. The normalized spacial score (nSPS) is 21.5. The van der Waals surface area contributed by atoms with Gasteiger partial charge in [-0.25, -0.2) is 8.42 Å². The summed E-state index contributed by atoms with van der Waals surface area (Å²) in [6.07, 6.45) is 1.62. The van der Waals surface area contributed by atoms with Crippen molar-refractivity contribution in [2.24, 2.45) is 5.92 Å². The topological polar surface area (TPSA) is 83.6 Å². The Balaban J connectivity index is 2.31. The number of hydrogen-bond acceptors (Lipinski definition) is 4. The van der Waals surface area contributed by atoms with Gasteiger partial charge in [-0.05, 0) is 37.0 Å². The number of hydrogen-bond donors (Lipinski definition) is 2. The first-order valence-electron chi connectivity index (χ1n) is 6.11. The second-order valence-electron chi connectivity index (χ2n) is 4.74. The zero-order valence-electron chi connectivity index (χ0n) is 10.4. The third-order valence-electron chi connectivity index (χ3n) is 3.33. The van der Waals surface area contributed by atoms with Gasteiger partial charge in [-0.15, -0.1) is 0 Å². The molecule has 0 amide bonds. The average molecular weight is 349 g/mol. The maximum atomic E-state index is 12.5. The number of sulfonamides is 1. The number of aliphatic hydroxyl groups is 1. The van der Waals surface area contributed by atoms with Crippen molar-refractivity contribution in [3.63, 3.8) is 0 Å². The average Bonchev–Trinajstić information content (AvgIpc) is 2.38. The lowest BCUT2D eigenvalue weighted by molar-refractivity contribution is 0.165. The standard InChI is InChI=1S/C12H17BrN2O3S/c13-10-3-4-12(11(14)6-10)19(17,18)15-5-1-2-9(7-15)8-16/h3-4,6,9,16H,1-2,5,7-8,14H2. The van der Waals surface area contributed by atoms with E-state index in [0.29, 0.717) is 13.1 Å². The van der Waals surface area contributed by atoms with E-state index in [9.17, 15) is 13.5 Å². The molecule has 0 saturated carbocycles. The summed E-state index contributed by atoms with van der Waals surface area (Å²) in [6.45, 7) is 0.852. The molecule has 1 unspecified atom stereocenters. The molecule has 1 fully saturated rings. The van der Waals surface area contributed by atoms with E-state index < -0.39 is 10.0 Å². The molecule has 2 rings (SSSR count). The maximum Gasteiger partial charge on any atom is 0.245 e. The monoisotopic (exact) mass is 348 g/mol. The van der Waals surface area contributed by atoms with E-state index in [2.05, 4.69) is 15.9 Å². The quantitative estimate of drug-likeness (QED) is 0.809. The van der Waals surface area contributed by atoms with Gasteiger partial charge < -0.3 is 10.8 Å². The van der Waals surface area contributed by atoms with Crippen molar-refractivity contribution in [3.05, 3.63) is 22.7 Å². The summed E-state index contributed by atoms with van der Waals surface area (Å²) in [4.78, 5) is 0.134. The molecule has 7 heteroatoms. The second-order valence-corrected chi connectivity index (χ2v) is 7.56. The molecule has 3 N–H and O–H groups in total. The van der Waals surface area contributed by atoms with Crippen molar-refractivity contribution in [2.45, 2.75) is 17.7 Å². The van der Waals surface area contributed by atoms with Crippen LogP contribution in [-0.2, 0) is 10.0 Å². The molecule has 19 heavy (non-hydrogen) atoms. The Labute approximate surface area is 121 Å². The van der Waals surface area contributed by atoms with Crippen LogP contribution in [0.15, 0.2) is 27.6 Å². The Morgan fingerprint density at radius 2 is 2.21 bits per heavy atom. The summed E-state index contributed by atoms with van der Waals surface area (Å²) in [5.41, 5.74) is 6.03. The fourth-order valence-electron chi connectivity index (χ4n) is 2.29. The third-order valence-corrected chi connectivity index (χ3v) is 5.76. The molecular formula is C12H17BrN2O3S. The second kappa shape index (κ2) is 5.78. The van der Waals surface area contributed by atoms with E-state index >= 15 is 0 Å². The molecule has 1 aromatic carbocycles. The summed E-state index contributed by atoms with van der Waals surface area (Å²) in [7, 11) is -3.58. The van der Waals surface area contributed by atoms with Gasteiger partial charge in [0.1, 0.15) is 4.90 Å². The van der Waals surface area contributed by atoms with Crippen LogP contribution >= 0.6 is 15.9 Å². The number of aliphatic hydroxyl groups excluding tert-OH is 1. The van der Waals surface area contributed by atoms with Gasteiger partial charge in [0.25, 0.3) is 0 Å². The van der Waals surface area contributed by atoms with Gasteiger partial charge in [-0.1, -0.05) is 15.9 Å². The molecule has 1 aliphatic rings. The number of halogens is 1. The summed E-state index contributed by atoms with van der Waals surface area (Å²) >= 11 is 3.26. The molecule has 106 valence electrons. The van der Waals surface area contributed by atoms with Gasteiger partial charge in [-0.3, -0.25) is 0 Å². The van der Waals surface area contributed by atoms with Gasteiger partial charge in [0.2, 0.25) is 10.0 Å². The van der Waals surface area contributed by atoms with Crippen LogP contribution in [0.4, 0.5) is 5.69 Å². The number of nitrogens with two attached hydrogens (primary N) is 1. The number of anilines is 1. The van der Waals surface area contributed by atoms with Crippen LogP contribution < -0.4 is 5.73 Å². The number of rotatable bonds is 3. The fourth-order valence-corrected chi connectivity index (χ4v) is 4.32. The summed E-state index contributed by atoms with van der Waals surface area (Å²) in [5.74, 6) is 0.0141. The molecule has 0 aromatic heterocycles. The molecule has 1 aliphatic heterocycles. The van der Waals surface area contributed by atoms with Crippen LogP contribution in [0.1, 0.15) is 12.8 Å². The molecular weight excluding hydrogens is 332 g/mol. The van der Waals surface area contributed by atoms with Crippen molar-refractivity contribution in [1.29, 1.82) is 0 Å². The number of benzene rings is 1. The number of nitrogen functional groups attached to an aromatic ring is 1. The smallest absolute Gasteiger partial charge is 0.245 e. The van der Waals surface area contributed by atoms with E-state index in [0.717, 1.165) is 17.3 Å². The fraction of sp³-hybridized carbons (Fsp3) is 0.500. The van der Waals surface area contributed by atoms with E-state index in [4.69, 9.17) is 5.73 Å². The molecule has 0 spiro atoms. The van der Waals surface area contributed by atoms with Gasteiger partial charge in [0.05, 0.1) is 5.69 Å². The van der Waals surface area contributed by atoms with Crippen LogP contribution in [0.2, 0.25) is 0 Å². The zero-order chi connectivity index (χ0) is 14.0. The van der Waals surface area contributed by atoms with Crippen molar-refractivity contribution < 1.29 is 13.5 Å². The minimum atomic E-state index is -3.58. The molecule has 0 aliphatic carbocycles. The van der Waals surface area contributed by atoms with Gasteiger partial charge in [0.15, 0.2) is 0 Å². The highest BCUT2D eigenvalue weighted by molar-refractivity contribution is 9.10. The lowest BCUT2D eigenvalue weighted by Crippen LogP contribution is -2.41. The lowest BCUT2D eigenvalue weighted by atomic mass is 10.0. The predicted octanol–water partition coefficient (Wildman–Crippen LogP) is 1.42. The van der Waals surface area contributed by atoms with Gasteiger partial charge >= 0.3 is 0 Å². The van der Waals surface area contributed by atoms with Crippen molar-refractivity contribution in [1.82, 2.24) is 4.31 Å². The first-order chi connectivity index (χ1) is 8.95. The first-order valence-corrected chi connectivity index (χ1v) is 8.34. The molecule has 1 aromatic rings. The van der Waals surface area contributed by atoms with Crippen LogP contribution in [0.5, 0.6) is 0 Å². The Bertz CT molecular complexity index is 562. The molecule has 5 nitrogen and oxygen atoms in total. The Morgan fingerprint density at radius 1 is 1.47 bits per heavy atom. The Hall–Kier alpha value is -0.630. The molecule has 0 bridgehead atoms. The van der Waals surface area contributed by atoms with E-state index in [1.165, 1.54) is 10.4 Å². The summed E-state index contributed by atoms with van der Waals surface area (Å²) in [5, 5.41) is 9.18. The summed E-state index contributed by atoms with van der Waals surface area (Å²) in [6, 6.07) is 4.76. The molecule has 0 radical (unpaired) electrons. The highest BCUT2D eigenvalue weighted by Gasteiger charge is 2.31. The third kappa shape index (κ3) is 3.10. The number of nitrogens with zero attached hydrogens (tertiary/aromatic N) is 1. The SMILES string of the molecule is Nc1cc(Br)ccc1S(=O)(=O)N1CCCC(CO)C1. The molecule has 1 saturated heterocycles. The van der Waals surface area contributed by atoms with Crippen molar-refractivity contribution >= 4 is 31.6 Å². The minimum absolute atomic E-state index is 0.0141. The van der Waals surface area contributed by atoms with Crippen LogP contribution in [0.25, 0.3) is 0 Å². The zero-order valence-corrected chi connectivity index (χ0v) is 12.8. The van der Waals surface area contributed by atoms with Crippen molar-refractivity contribution in [2.75, 3.05) is 25.4 Å². The van der Waals surface area contributed by atoms with Crippen LogP contribution in [-0.4, -0.2) is 37.5 Å². The van der Waals surface area contributed by atoms with E-state index in [1.54, 1.807) is 12.1 Å². The predicted molar refractivity (Wildman–Crippen MR) is 77.1 cm³/mol. The molecule has 1 atom stereocenters. The molecule has 1 heterocycles. The van der Waals surface area contributed by atoms with Gasteiger partial charge in [0, 0.05) is 24.2 Å². The minimum Gasteiger partial charge on any atom is -0.398 e. The highest BCUT2D eigenvalue weighted by Crippen LogP contribution is 2.28.